The van der Waals surface area contributed by atoms with Crippen molar-refractivity contribution in [3.05, 3.63) is 42.1 Å². The monoisotopic (exact) mass is 299 g/mol. The second kappa shape index (κ2) is 7.06. The highest BCUT2D eigenvalue weighted by Gasteiger charge is 2.19. The summed E-state index contributed by atoms with van der Waals surface area (Å²) in [5, 5.41) is 1.20. The normalized spacial score (nSPS) is 18.9. The van der Waals surface area contributed by atoms with Crippen LogP contribution in [0.1, 0.15) is 12.1 Å². The van der Waals surface area contributed by atoms with Crippen LogP contribution in [0.3, 0.4) is 0 Å². The molecule has 1 unspecified atom stereocenters. The highest BCUT2D eigenvalue weighted by atomic mass is 35.5. The quantitative estimate of drug-likeness (QED) is 0.927. The summed E-state index contributed by atoms with van der Waals surface area (Å²) in [6.07, 6.45) is 1.10. The van der Waals surface area contributed by atoms with Crippen molar-refractivity contribution in [2.24, 2.45) is 5.73 Å². The minimum absolute atomic E-state index is 0. The molecule has 1 fully saturated rings. The third kappa shape index (κ3) is 3.80. The smallest absolute Gasteiger partial charge is 0.0705 e. The van der Waals surface area contributed by atoms with Crippen LogP contribution in [0.15, 0.2) is 36.4 Å². The zero-order valence-electron chi connectivity index (χ0n) is 10.7. The van der Waals surface area contributed by atoms with Crippen molar-refractivity contribution in [1.29, 1.82) is 0 Å². The highest BCUT2D eigenvalue weighted by Crippen LogP contribution is 2.15. The van der Waals surface area contributed by atoms with Crippen LogP contribution in [0, 0.1) is 0 Å². The van der Waals surface area contributed by atoms with Gasteiger partial charge in [0, 0.05) is 31.1 Å². The molecule has 1 aliphatic rings. The van der Waals surface area contributed by atoms with Gasteiger partial charge in [0.15, 0.2) is 0 Å². The molecule has 0 saturated carbocycles. The van der Waals surface area contributed by atoms with Crippen molar-refractivity contribution in [2.45, 2.75) is 19.0 Å². The molecule has 0 spiro atoms. The fourth-order valence-corrected chi connectivity index (χ4v) is 2.43. The predicted molar refractivity (Wildman–Crippen MR) is 84.1 cm³/mol. The molecule has 5 heteroatoms. The number of fused-ring (bicyclic) bond motifs is 1. The molecule has 1 aromatic heterocycles. The Kier molecular flexibility index (Phi) is 6.01. The number of rotatable bonds is 2. The first kappa shape index (κ1) is 16.2. The van der Waals surface area contributed by atoms with Crippen LogP contribution in [0.2, 0.25) is 0 Å². The minimum atomic E-state index is 0. The number of nitrogens with two attached hydrogens (primary N) is 1. The molecule has 2 heterocycles. The van der Waals surface area contributed by atoms with Crippen LogP contribution in [0.25, 0.3) is 10.9 Å². The van der Waals surface area contributed by atoms with Gasteiger partial charge in [0.1, 0.15) is 0 Å². The molecule has 0 radical (unpaired) electrons. The van der Waals surface area contributed by atoms with Gasteiger partial charge in [0.05, 0.1) is 11.2 Å². The topological polar surface area (TPSA) is 42.1 Å². The molecule has 0 aliphatic carbocycles. The SMILES string of the molecule is Cl.Cl.NC1CCN(Cc2ccc3ccccc3n2)C1. The van der Waals surface area contributed by atoms with E-state index in [-0.39, 0.29) is 24.8 Å². The zero-order valence-corrected chi connectivity index (χ0v) is 12.3. The number of benzene rings is 1. The Hall–Kier alpha value is -0.870. The summed E-state index contributed by atoms with van der Waals surface area (Å²) in [5.74, 6) is 0. The molecule has 1 aliphatic heterocycles. The first-order valence-electron chi connectivity index (χ1n) is 6.14. The van der Waals surface area contributed by atoms with E-state index >= 15 is 0 Å². The van der Waals surface area contributed by atoms with E-state index in [1.807, 2.05) is 12.1 Å². The standard InChI is InChI=1S/C14H17N3.2ClH/c15-12-7-8-17(9-12)10-13-6-5-11-3-1-2-4-14(11)16-13;;/h1-6,12H,7-10,15H2;2*1H. The van der Waals surface area contributed by atoms with E-state index in [0.717, 1.165) is 37.3 Å². The molecule has 1 atom stereocenters. The second-order valence-corrected chi connectivity index (χ2v) is 4.78. The number of pyridine rings is 1. The number of aromatic nitrogens is 1. The van der Waals surface area contributed by atoms with Gasteiger partial charge in [0.25, 0.3) is 0 Å². The average Bonchev–Trinajstić information content (AvgIpc) is 2.75. The van der Waals surface area contributed by atoms with E-state index in [2.05, 4.69) is 34.1 Å². The van der Waals surface area contributed by atoms with Crippen LogP contribution in [0.4, 0.5) is 0 Å². The lowest BCUT2D eigenvalue weighted by Gasteiger charge is -2.14. The number of hydrogen-bond donors (Lipinski definition) is 1. The van der Waals surface area contributed by atoms with E-state index in [9.17, 15) is 0 Å². The molecule has 1 aromatic carbocycles. The first-order valence-corrected chi connectivity index (χ1v) is 6.14. The molecular weight excluding hydrogens is 281 g/mol. The Balaban J connectivity index is 0.000000902. The van der Waals surface area contributed by atoms with Crippen LogP contribution >= 0.6 is 24.8 Å². The van der Waals surface area contributed by atoms with Gasteiger partial charge in [0.2, 0.25) is 0 Å². The van der Waals surface area contributed by atoms with Crippen molar-refractivity contribution in [2.75, 3.05) is 13.1 Å². The van der Waals surface area contributed by atoms with Crippen molar-refractivity contribution in [1.82, 2.24) is 9.88 Å². The zero-order chi connectivity index (χ0) is 11.7. The summed E-state index contributed by atoms with van der Waals surface area (Å²) in [4.78, 5) is 7.06. The van der Waals surface area contributed by atoms with Crippen molar-refractivity contribution >= 4 is 35.7 Å². The lowest BCUT2D eigenvalue weighted by atomic mass is 10.2. The molecule has 0 bridgehead atoms. The van der Waals surface area contributed by atoms with Crippen LogP contribution in [0.5, 0.6) is 0 Å². The van der Waals surface area contributed by atoms with Gasteiger partial charge in [-0.15, -0.1) is 24.8 Å². The van der Waals surface area contributed by atoms with E-state index < -0.39 is 0 Å². The second-order valence-electron chi connectivity index (χ2n) is 4.78. The maximum atomic E-state index is 5.91. The summed E-state index contributed by atoms with van der Waals surface area (Å²) in [6, 6.07) is 12.8. The van der Waals surface area contributed by atoms with Gasteiger partial charge in [-0.25, -0.2) is 0 Å². The largest absolute Gasteiger partial charge is 0.326 e. The van der Waals surface area contributed by atoms with Crippen LogP contribution in [-0.2, 0) is 6.54 Å². The fourth-order valence-electron chi connectivity index (χ4n) is 2.43. The number of halogens is 2. The Labute approximate surface area is 126 Å². The van der Waals surface area contributed by atoms with Gasteiger partial charge >= 0.3 is 0 Å². The van der Waals surface area contributed by atoms with E-state index in [4.69, 9.17) is 5.73 Å². The molecule has 104 valence electrons. The summed E-state index contributed by atoms with van der Waals surface area (Å²) in [6.45, 7) is 3.00. The first-order chi connectivity index (χ1) is 8.31. The predicted octanol–water partition coefficient (Wildman–Crippen LogP) is 2.61. The Morgan fingerprint density at radius 1 is 1.16 bits per heavy atom. The highest BCUT2D eigenvalue weighted by molar-refractivity contribution is 5.85. The molecule has 3 nitrogen and oxygen atoms in total. The van der Waals surface area contributed by atoms with E-state index in [0.29, 0.717) is 6.04 Å². The molecule has 2 N–H and O–H groups in total. The fraction of sp³-hybridized carbons (Fsp3) is 0.357. The van der Waals surface area contributed by atoms with E-state index in [1.165, 1.54) is 5.39 Å². The number of hydrogen-bond acceptors (Lipinski definition) is 3. The summed E-state index contributed by atoms with van der Waals surface area (Å²) >= 11 is 0. The van der Waals surface area contributed by atoms with Gasteiger partial charge in [-0.2, -0.15) is 0 Å². The van der Waals surface area contributed by atoms with Gasteiger partial charge in [-0.1, -0.05) is 24.3 Å². The van der Waals surface area contributed by atoms with Gasteiger partial charge in [-0.3, -0.25) is 9.88 Å². The van der Waals surface area contributed by atoms with Gasteiger partial charge in [-0.05, 0) is 18.6 Å². The number of likely N-dealkylation sites (tertiary alicyclic amines) is 1. The maximum Gasteiger partial charge on any atom is 0.0705 e. The minimum Gasteiger partial charge on any atom is -0.326 e. The third-order valence-corrected chi connectivity index (χ3v) is 3.35. The summed E-state index contributed by atoms with van der Waals surface area (Å²) in [5.41, 5.74) is 8.12. The van der Waals surface area contributed by atoms with E-state index in [1.54, 1.807) is 0 Å². The average molecular weight is 300 g/mol. The van der Waals surface area contributed by atoms with Crippen molar-refractivity contribution in [3.63, 3.8) is 0 Å². The Bertz CT molecular complexity index is 533. The molecule has 19 heavy (non-hydrogen) atoms. The molecule has 3 rings (SSSR count). The van der Waals surface area contributed by atoms with Crippen molar-refractivity contribution in [3.8, 4) is 0 Å². The molecule has 0 amide bonds. The number of nitrogens with zero attached hydrogens (tertiary/aromatic N) is 2. The summed E-state index contributed by atoms with van der Waals surface area (Å²) < 4.78 is 0. The van der Waals surface area contributed by atoms with Crippen molar-refractivity contribution < 1.29 is 0 Å². The van der Waals surface area contributed by atoms with Crippen LogP contribution in [-0.4, -0.2) is 29.0 Å². The Morgan fingerprint density at radius 2 is 1.95 bits per heavy atom. The summed E-state index contributed by atoms with van der Waals surface area (Å²) in [7, 11) is 0. The van der Waals surface area contributed by atoms with Crippen LogP contribution < -0.4 is 5.73 Å². The molecule has 1 saturated heterocycles. The maximum absolute atomic E-state index is 5.91. The molecular formula is C14H19Cl2N3. The lowest BCUT2D eigenvalue weighted by molar-refractivity contribution is 0.323. The number of para-hydroxylation sites is 1. The Morgan fingerprint density at radius 3 is 2.68 bits per heavy atom. The van der Waals surface area contributed by atoms with Gasteiger partial charge < -0.3 is 5.73 Å². The lowest BCUT2D eigenvalue weighted by Crippen LogP contribution is -2.26. The molecule has 2 aromatic rings. The third-order valence-electron chi connectivity index (χ3n) is 3.35.